The molecule has 4 heterocycles. The van der Waals surface area contributed by atoms with Crippen molar-refractivity contribution in [1.82, 2.24) is 19.9 Å². The first kappa shape index (κ1) is 23.6. The van der Waals surface area contributed by atoms with Crippen molar-refractivity contribution >= 4 is 27.8 Å². The topological polar surface area (TPSA) is 124 Å². The van der Waals surface area contributed by atoms with Crippen molar-refractivity contribution in [2.75, 3.05) is 0 Å². The van der Waals surface area contributed by atoms with Gasteiger partial charge in [-0.3, -0.25) is 14.8 Å². The number of amides is 1. The van der Waals surface area contributed by atoms with Crippen molar-refractivity contribution in [3.8, 4) is 22.4 Å². The summed E-state index contributed by atoms with van der Waals surface area (Å²) >= 11 is 0. The second kappa shape index (κ2) is 10.2. The normalized spacial score (nSPS) is 13.9. The molecule has 0 atom stereocenters. The summed E-state index contributed by atoms with van der Waals surface area (Å²) in [6.07, 6.45) is 13.0. The zero-order valence-corrected chi connectivity index (χ0v) is 19.7. The van der Waals surface area contributed by atoms with Gasteiger partial charge in [-0.25, -0.2) is 9.37 Å². The maximum atomic E-state index is 14.9. The van der Waals surface area contributed by atoms with E-state index in [-0.39, 0.29) is 0 Å². The molecular weight excluding hydrogens is 455 g/mol. The van der Waals surface area contributed by atoms with Crippen LogP contribution in [-0.2, 0) is 0 Å². The maximum Gasteiger partial charge on any atom is 0.248 e. The van der Waals surface area contributed by atoms with Crippen LogP contribution in [0, 0.1) is 5.82 Å². The zero-order valence-electron chi connectivity index (χ0n) is 19.7. The van der Waals surface area contributed by atoms with E-state index >= 15 is 0 Å². The number of halogens is 1. The van der Waals surface area contributed by atoms with E-state index in [1.807, 2.05) is 18.2 Å². The lowest BCUT2D eigenvalue weighted by atomic mass is 9.97. The summed E-state index contributed by atoms with van der Waals surface area (Å²) in [5, 5.41) is 1.45. The standard InChI is InChI=1S/C22H14FN5O.C6H13N/c23-16-10-27-22-20(19(16)12-3-5-13(6-4-12)21(24)29)15-8-17(26-11-18(15)28-22)14-2-1-7-25-9-14;7-6-4-2-1-3-5-6/h1-11H,(H2,24,29)(H,27,28);6H,1-5,7H2. The molecule has 182 valence electrons. The molecule has 0 unspecified atom stereocenters. The van der Waals surface area contributed by atoms with E-state index in [9.17, 15) is 9.18 Å². The van der Waals surface area contributed by atoms with Gasteiger partial charge in [0, 0.05) is 45.9 Å². The molecule has 0 saturated heterocycles. The highest BCUT2D eigenvalue weighted by Crippen LogP contribution is 2.36. The Hall–Kier alpha value is -4.17. The smallest absolute Gasteiger partial charge is 0.248 e. The number of H-pyrrole nitrogens is 1. The molecule has 8 heteroatoms. The van der Waals surface area contributed by atoms with Crippen LogP contribution in [0.5, 0.6) is 0 Å². The lowest BCUT2D eigenvalue weighted by Gasteiger charge is -2.15. The third-order valence-electron chi connectivity index (χ3n) is 6.52. The van der Waals surface area contributed by atoms with E-state index in [0.29, 0.717) is 33.8 Å². The van der Waals surface area contributed by atoms with Gasteiger partial charge in [-0.1, -0.05) is 31.4 Å². The minimum atomic E-state index is -0.531. The first-order valence-electron chi connectivity index (χ1n) is 12.0. The fourth-order valence-electron chi connectivity index (χ4n) is 4.62. The molecule has 0 radical (unpaired) electrons. The van der Waals surface area contributed by atoms with Gasteiger partial charge in [-0.15, -0.1) is 0 Å². The molecule has 4 aromatic heterocycles. The number of hydrogen-bond acceptors (Lipinski definition) is 5. The van der Waals surface area contributed by atoms with Crippen molar-refractivity contribution in [3.05, 3.63) is 78.6 Å². The molecule has 36 heavy (non-hydrogen) atoms. The molecule has 0 bridgehead atoms. The summed E-state index contributed by atoms with van der Waals surface area (Å²) in [4.78, 5) is 27.4. The van der Waals surface area contributed by atoms with Gasteiger partial charge in [0.05, 0.1) is 23.6 Å². The molecule has 1 amide bonds. The van der Waals surface area contributed by atoms with Crippen LogP contribution in [0.3, 0.4) is 0 Å². The molecule has 5 N–H and O–H groups in total. The van der Waals surface area contributed by atoms with Gasteiger partial charge in [0.2, 0.25) is 5.91 Å². The number of carbonyl (C=O) groups excluding carboxylic acids is 1. The van der Waals surface area contributed by atoms with Crippen LogP contribution < -0.4 is 11.5 Å². The van der Waals surface area contributed by atoms with E-state index in [0.717, 1.165) is 22.2 Å². The molecule has 1 aromatic carbocycles. The SMILES string of the molecule is NC(=O)c1ccc(-c2c(F)cnc3[nH]c4cnc(-c5cccnc5)cc4c23)cc1.NC1CCCCC1. The zero-order chi connectivity index (χ0) is 25.1. The van der Waals surface area contributed by atoms with Gasteiger partial charge in [0.15, 0.2) is 0 Å². The van der Waals surface area contributed by atoms with Crippen molar-refractivity contribution in [2.45, 2.75) is 38.1 Å². The average molecular weight is 483 g/mol. The van der Waals surface area contributed by atoms with Crippen LogP contribution in [0.1, 0.15) is 42.5 Å². The number of aromatic nitrogens is 4. The van der Waals surface area contributed by atoms with Crippen molar-refractivity contribution in [3.63, 3.8) is 0 Å². The van der Waals surface area contributed by atoms with Crippen LogP contribution in [0.4, 0.5) is 4.39 Å². The van der Waals surface area contributed by atoms with Gasteiger partial charge in [0.1, 0.15) is 11.5 Å². The number of nitrogens with zero attached hydrogens (tertiary/aromatic N) is 3. The Labute approximate surface area is 207 Å². The molecule has 6 rings (SSSR count). The lowest BCUT2D eigenvalue weighted by Crippen LogP contribution is -2.22. The Kier molecular flexibility index (Phi) is 6.69. The van der Waals surface area contributed by atoms with E-state index < -0.39 is 11.7 Å². The van der Waals surface area contributed by atoms with Crippen molar-refractivity contribution < 1.29 is 9.18 Å². The average Bonchev–Trinajstić information content (AvgIpc) is 3.28. The summed E-state index contributed by atoms with van der Waals surface area (Å²) in [5.74, 6) is -0.985. The fraction of sp³-hybridized carbons (Fsp3) is 0.214. The highest BCUT2D eigenvalue weighted by molar-refractivity contribution is 6.13. The Morgan fingerprint density at radius 2 is 1.75 bits per heavy atom. The predicted octanol–water partition coefficient (Wildman–Crippen LogP) is 5.36. The number of pyridine rings is 3. The Bertz CT molecular complexity index is 1510. The van der Waals surface area contributed by atoms with E-state index in [4.69, 9.17) is 11.5 Å². The van der Waals surface area contributed by atoms with E-state index in [1.165, 1.54) is 38.3 Å². The van der Waals surface area contributed by atoms with Crippen LogP contribution in [0.15, 0.2) is 67.3 Å². The second-order valence-electron chi connectivity index (χ2n) is 9.03. The first-order chi connectivity index (χ1) is 17.5. The van der Waals surface area contributed by atoms with E-state index in [2.05, 4.69) is 19.9 Å². The number of carbonyl (C=O) groups is 1. The summed E-state index contributed by atoms with van der Waals surface area (Å²) in [6.45, 7) is 0. The summed E-state index contributed by atoms with van der Waals surface area (Å²) in [6, 6.07) is 12.7. The number of benzene rings is 1. The molecular formula is C28H27FN6O. The Balaban J connectivity index is 0.000000330. The van der Waals surface area contributed by atoms with Crippen molar-refractivity contribution in [1.29, 1.82) is 0 Å². The number of aromatic amines is 1. The third-order valence-corrected chi connectivity index (χ3v) is 6.52. The highest BCUT2D eigenvalue weighted by Gasteiger charge is 2.17. The summed E-state index contributed by atoms with van der Waals surface area (Å²) in [7, 11) is 0. The number of hydrogen-bond donors (Lipinski definition) is 3. The lowest BCUT2D eigenvalue weighted by molar-refractivity contribution is 0.100. The van der Waals surface area contributed by atoms with E-state index in [1.54, 1.807) is 42.9 Å². The van der Waals surface area contributed by atoms with Crippen molar-refractivity contribution in [2.24, 2.45) is 11.5 Å². The summed E-state index contributed by atoms with van der Waals surface area (Å²) < 4.78 is 14.9. The van der Waals surface area contributed by atoms with Gasteiger partial charge >= 0.3 is 0 Å². The number of fused-ring (bicyclic) bond motifs is 3. The summed E-state index contributed by atoms with van der Waals surface area (Å²) in [5.41, 5.74) is 15.2. The Morgan fingerprint density at radius 3 is 2.39 bits per heavy atom. The highest BCUT2D eigenvalue weighted by atomic mass is 19.1. The minimum Gasteiger partial charge on any atom is -0.366 e. The maximum absolute atomic E-state index is 14.9. The third kappa shape index (κ3) is 4.81. The van der Waals surface area contributed by atoms with Gasteiger partial charge in [-0.05, 0) is 48.7 Å². The first-order valence-corrected chi connectivity index (χ1v) is 12.0. The molecule has 1 saturated carbocycles. The molecule has 1 aliphatic rings. The number of rotatable bonds is 3. The van der Waals surface area contributed by atoms with Crippen LogP contribution >= 0.6 is 0 Å². The molecule has 0 aliphatic heterocycles. The largest absolute Gasteiger partial charge is 0.366 e. The van der Waals surface area contributed by atoms with Gasteiger partial charge in [-0.2, -0.15) is 0 Å². The van der Waals surface area contributed by atoms with Crippen LogP contribution in [0.2, 0.25) is 0 Å². The predicted molar refractivity (Wildman–Crippen MR) is 140 cm³/mol. The van der Waals surface area contributed by atoms with Crippen LogP contribution in [0.25, 0.3) is 44.3 Å². The van der Waals surface area contributed by atoms with Crippen LogP contribution in [-0.4, -0.2) is 31.9 Å². The van der Waals surface area contributed by atoms with Gasteiger partial charge < -0.3 is 16.5 Å². The monoisotopic (exact) mass is 482 g/mol. The molecule has 0 spiro atoms. The molecule has 1 aliphatic carbocycles. The second-order valence-corrected chi connectivity index (χ2v) is 9.03. The number of nitrogens with two attached hydrogens (primary N) is 2. The number of nitrogens with one attached hydrogen (secondary N) is 1. The molecule has 7 nitrogen and oxygen atoms in total. The number of primary amides is 1. The minimum absolute atomic E-state index is 0.362. The molecule has 1 fully saturated rings. The quantitative estimate of drug-likeness (QED) is 0.320. The Morgan fingerprint density at radius 1 is 0.972 bits per heavy atom. The fourth-order valence-corrected chi connectivity index (χ4v) is 4.62. The van der Waals surface area contributed by atoms with Gasteiger partial charge in [0.25, 0.3) is 0 Å². The molecule has 5 aromatic rings.